The highest BCUT2D eigenvalue weighted by atomic mass is 15.2. The minimum absolute atomic E-state index is 0.835. The van der Waals surface area contributed by atoms with E-state index in [1.165, 1.54) is 31.4 Å². The Kier molecular flexibility index (Phi) is 3.10. The summed E-state index contributed by atoms with van der Waals surface area (Å²) in [7, 11) is 0. The summed E-state index contributed by atoms with van der Waals surface area (Å²) in [6, 6.07) is 8.75. The first kappa shape index (κ1) is 11.4. The Morgan fingerprint density at radius 1 is 0.889 bits per heavy atom. The lowest BCUT2D eigenvalue weighted by Gasteiger charge is -2.22. The fraction of sp³-hybridized carbons (Fsp3) is 0.533. The van der Waals surface area contributed by atoms with Crippen molar-refractivity contribution in [1.29, 1.82) is 5.26 Å². The van der Waals surface area contributed by atoms with Gasteiger partial charge >= 0.3 is 0 Å². The molecule has 0 aliphatic carbocycles. The highest BCUT2D eigenvalue weighted by Gasteiger charge is 2.18. The predicted molar refractivity (Wildman–Crippen MR) is 74.1 cm³/mol. The van der Waals surface area contributed by atoms with Gasteiger partial charge in [-0.15, -0.1) is 0 Å². The minimum atomic E-state index is 0.835. The molecule has 1 aromatic carbocycles. The number of anilines is 2. The second kappa shape index (κ2) is 4.89. The van der Waals surface area contributed by atoms with Gasteiger partial charge in [0.05, 0.1) is 11.3 Å². The second-order valence-corrected chi connectivity index (χ2v) is 5.20. The van der Waals surface area contributed by atoms with Crippen molar-refractivity contribution in [2.45, 2.75) is 25.7 Å². The Balaban J connectivity index is 1.89. The number of hydrogen-bond donors (Lipinski definition) is 0. The molecule has 2 saturated heterocycles. The van der Waals surface area contributed by atoms with Crippen molar-refractivity contribution in [2.24, 2.45) is 0 Å². The molecule has 0 spiro atoms. The van der Waals surface area contributed by atoms with Crippen LogP contribution in [0.4, 0.5) is 11.4 Å². The van der Waals surface area contributed by atoms with Crippen molar-refractivity contribution >= 4 is 11.4 Å². The highest BCUT2D eigenvalue weighted by molar-refractivity contribution is 5.66. The third-order valence-corrected chi connectivity index (χ3v) is 4.02. The summed E-state index contributed by atoms with van der Waals surface area (Å²) in [5.41, 5.74) is 3.17. The molecule has 2 aliphatic rings. The van der Waals surface area contributed by atoms with Crippen molar-refractivity contribution in [3.8, 4) is 6.07 Å². The zero-order valence-corrected chi connectivity index (χ0v) is 10.7. The normalized spacial score (nSPS) is 19.3. The summed E-state index contributed by atoms with van der Waals surface area (Å²) in [6.07, 6.45) is 5.04. The van der Waals surface area contributed by atoms with E-state index in [9.17, 15) is 5.26 Å². The van der Waals surface area contributed by atoms with Crippen molar-refractivity contribution in [3.05, 3.63) is 23.8 Å². The van der Waals surface area contributed by atoms with Crippen LogP contribution in [0.15, 0.2) is 18.2 Å². The quantitative estimate of drug-likeness (QED) is 0.797. The summed E-state index contributed by atoms with van der Waals surface area (Å²) < 4.78 is 0. The van der Waals surface area contributed by atoms with E-state index < -0.39 is 0 Å². The van der Waals surface area contributed by atoms with Gasteiger partial charge in [-0.3, -0.25) is 0 Å². The third kappa shape index (κ3) is 2.03. The lowest BCUT2D eigenvalue weighted by Crippen LogP contribution is -2.20. The zero-order chi connectivity index (χ0) is 12.4. The van der Waals surface area contributed by atoms with Gasteiger partial charge in [-0.05, 0) is 43.9 Å². The predicted octanol–water partition coefficient (Wildman–Crippen LogP) is 2.76. The lowest BCUT2D eigenvalue weighted by atomic mass is 10.1. The molecule has 0 amide bonds. The third-order valence-electron chi connectivity index (χ3n) is 4.02. The van der Waals surface area contributed by atoms with Crippen LogP contribution >= 0.6 is 0 Å². The molecule has 0 radical (unpaired) electrons. The largest absolute Gasteiger partial charge is 0.371 e. The Morgan fingerprint density at radius 3 is 2.11 bits per heavy atom. The summed E-state index contributed by atoms with van der Waals surface area (Å²) in [5.74, 6) is 0. The van der Waals surface area contributed by atoms with Crippen LogP contribution in [0.5, 0.6) is 0 Å². The van der Waals surface area contributed by atoms with Gasteiger partial charge in [-0.25, -0.2) is 0 Å². The van der Waals surface area contributed by atoms with Gasteiger partial charge in [0.25, 0.3) is 0 Å². The number of nitrogens with zero attached hydrogens (tertiary/aromatic N) is 3. The maximum absolute atomic E-state index is 9.35. The van der Waals surface area contributed by atoms with E-state index >= 15 is 0 Å². The van der Waals surface area contributed by atoms with Crippen molar-refractivity contribution in [1.82, 2.24) is 0 Å². The van der Waals surface area contributed by atoms with Crippen LogP contribution in [0.2, 0.25) is 0 Å². The topological polar surface area (TPSA) is 30.3 Å². The lowest BCUT2D eigenvalue weighted by molar-refractivity contribution is 0.949. The average molecular weight is 241 g/mol. The molecule has 0 saturated carbocycles. The highest BCUT2D eigenvalue weighted by Crippen LogP contribution is 2.29. The van der Waals surface area contributed by atoms with Gasteiger partial charge in [-0.1, -0.05) is 0 Å². The number of benzene rings is 1. The van der Waals surface area contributed by atoms with Crippen molar-refractivity contribution in [2.75, 3.05) is 36.0 Å². The van der Waals surface area contributed by atoms with E-state index in [-0.39, 0.29) is 0 Å². The van der Waals surface area contributed by atoms with E-state index in [0.717, 1.165) is 37.4 Å². The molecule has 18 heavy (non-hydrogen) atoms. The molecule has 0 aromatic heterocycles. The maximum atomic E-state index is 9.35. The molecular weight excluding hydrogens is 222 g/mol. The zero-order valence-electron chi connectivity index (χ0n) is 10.7. The molecule has 3 nitrogen and oxygen atoms in total. The molecular formula is C15H19N3. The van der Waals surface area contributed by atoms with Crippen molar-refractivity contribution in [3.63, 3.8) is 0 Å². The summed E-state index contributed by atoms with van der Waals surface area (Å²) in [4.78, 5) is 4.72. The Morgan fingerprint density at radius 2 is 1.50 bits per heavy atom. The first-order valence-electron chi connectivity index (χ1n) is 6.92. The Bertz CT molecular complexity index is 463. The molecule has 0 N–H and O–H groups in total. The molecule has 2 aliphatic heterocycles. The fourth-order valence-electron chi connectivity index (χ4n) is 3.02. The van der Waals surface area contributed by atoms with Gasteiger partial charge in [0.1, 0.15) is 6.07 Å². The number of nitriles is 1. The summed E-state index contributed by atoms with van der Waals surface area (Å²) in [6.45, 7) is 4.46. The smallest absolute Gasteiger partial charge is 0.101 e. The Labute approximate surface area is 109 Å². The average Bonchev–Trinajstić information content (AvgIpc) is 3.11. The van der Waals surface area contributed by atoms with Crippen LogP contribution in [0, 0.1) is 11.3 Å². The minimum Gasteiger partial charge on any atom is -0.371 e. The molecule has 3 rings (SSSR count). The van der Waals surface area contributed by atoms with Crippen LogP contribution in [-0.4, -0.2) is 26.2 Å². The summed E-state index contributed by atoms with van der Waals surface area (Å²) in [5, 5.41) is 9.35. The summed E-state index contributed by atoms with van der Waals surface area (Å²) >= 11 is 0. The van der Waals surface area contributed by atoms with E-state index in [2.05, 4.69) is 34.1 Å². The number of hydrogen-bond acceptors (Lipinski definition) is 3. The molecule has 2 heterocycles. The second-order valence-electron chi connectivity index (χ2n) is 5.20. The number of rotatable bonds is 2. The molecule has 2 fully saturated rings. The van der Waals surface area contributed by atoms with Crippen LogP contribution in [0.25, 0.3) is 0 Å². The molecule has 0 unspecified atom stereocenters. The molecule has 0 atom stereocenters. The maximum Gasteiger partial charge on any atom is 0.101 e. The monoisotopic (exact) mass is 241 g/mol. The van der Waals surface area contributed by atoms with Gasteiger partial charge in [0, 0.05) is 31.9 Å². The molecule has 1 aromatic rings. The fourth-order valence-corrected chi connectivity index (χ4v) is 3.02. The first-order valence-corrected chi connectivity index (χ1v) is 6.92. The van der Waals surface area contributed by atoms with Gasteiger partial charge in [0.15, 0.2) is 0 Å². The van der Waals surface area contributed by atoms with Crippen molar-refractivity contribution < 1.29 is 0 Å². The van der Waals surface area contributed by atoms with Gasteiger partial charge in [0.2, 0.25) is 0 Å². The standard InChI is InChI=1S/C15H19N3/c16-12-13-11-14(17-7-1-2-8-17)5-6-15(13)18-9-3-4-10-18/h5-6,11H,1-4,7-10H2. The van der Waals surface area contributed by atoms with Gasteiger partial charge in [-0.2, -0.15) is 5.26 Å². The van der Waals surface area contributed by atoms with E-state index in [1.54, 1.807) is 0 Å². The Hall–Kier alpha value is -1.69. The van der Waals surface area contributed by atoms with E-state index in [4.69, 9.17) is 0 Å². The van der Waals surface area contributed by atoms with E-state index in [1.807, 2.05) is 0 Å². The van der Waals surface area contributed by atoms with Crippen LogP contribution < -0.4 is 9.80 Å². The first-order chi connectivity index (χ1) is 8.88. The van der Waals surface area contributed by atoms with Crippen LogP contribution in [0.3, 0.4) is 0 Å². The molecule has 0 bridgehead atoms. The van der Waals surface area contributed by atoms with E-state index in [0.29, 0.717) is 0 Å². The SMILES string of the molecule is N#Cc1cc(N2CCCC2)ccc1N1CCCC1. The van der Waals surface area contributed by atoms with Gasteiger partial charge < -0.3 is 9.80 Å². The van der Waals surface area contributed by atoms with Crippen LogP contribution in [0.1, 0.15) is 31.2 Å². The molecule has 94 valence electrons. The van der Waals surface area contributed by atoms with Crippen LogP contribution in [-0.2, 0) is 0 Å². The molecule has 3 heteroatoms.